The van der Waals surface area contributed by atoms with Crippen LogP contribution in [0.1, 0.15) is 24.3 Å². The molecule has 1 unspecified atom stereocenters. The Morgan fingerprint density at radius 1 is 1.14 bits per heavy atom. The summed E-state index contributed by atoms with van der Waals surface area (Å²) in [4.78, 5) is 5.47. The van der Waals surface area contributed by atoms with E-state index in [1.54, 1.807) is 11.1 Å². The molecule has 1 nitrogen and oxygen atoms in total. The number of nitrogens with zero attached hydrogens (tertiary/aromatic N) is 1. The smallest absolute Gasteiger partial charge is 0.0177 e. The molecular weight excluding hydrogens is 294 g/mol. The van der Waals surface area contributed by atoms with Gasteiger partial charge in [0.25, 0.3) is 0 Å². The van der Waals surface area contributed by atoms with E-state index in [-0.39, 0.29) is 0 Å². The van der Waals surface area contributed by atoms with E-state index in [0.29, 0.717) is 5.92 Å². The highest BCUT2D eigenvalue weighted by Crippen LogP contribution is 2.51. The number of likely N-dealkylation sites (tertiary alicyclic amines) is 1. The Bertz CT molecular complexity index is 597. The third-order valence-corrected chi connectivity index (χ3v) is 7.07. The predicted octanol–water partition coefficient (Wildman–Crippen LogP) is 4.73. The van der Waals surface area contributed by atoms with Gasteiger partial charge in [0.05, 0.1) is 0 Å². The first-order valence-electron chi connectivity index (χ1n) is 7.80. The molecule has 3 heteroatoms. The number of rotatable bonds is 1. The molecule has 1 saturated heterocycles. The van der Waals surface area contributed by atoms with Crippen LogP contribution in [0.2, 0.25) is 0 Å². The zero-order chi connectivity index (χ0) is 14.2. The molecular formula is C18H21NS2. The molecule has 0 aliphatic carbocycles. The van der Waals surface area contributed by atoms with Crippen LogP contribution in [0.4, 0.5) is 0 Å². The summed E-state index contributed by atoms with van der Waals surface area (Å²) in [5, 5.41) is 2.39. The van der Waals surface area contributed by atoms with Crippen LogP contribution in [0.15, 0.2) is 51.1 Å². The van der Waals surface area contributed by atoms with Crippen LogP contribution in [0.5, 0.6) is 0 Å². The summed E-state index contributed by atoms with van der Waals surface area (Å²) < 4.78 is 0. The van der Waals surface area contributed by atoms with Crippen LogP contribution >= 0.6 is 23.5 Å². The van der Waals surface area contributed by atoms with Crippen molar-refractivity contribution in [1.82, 2.24) is 4.90 Å². The molecule has 0 bridgehead atoms. The van der Waals surface area contributed by atoms with Crippen molar-refractivity contribution in [2.45, 2.75) is 23.7 Å². The Labute approximate surface area is 135 Å². The molecule has 3 heterocycles. The van der Waals surface area contributed by atoms with Gasteiger partial charge < -0.3 is 4.90 Å². The van der Waals surface area contributed by atoms with Crippen LogP contribution < -0.4 is 0 Å². The number of hydrogen-bond acceptors (Lipinski definition) is 3. The molecule has 0 aromatic heterocycles. The zero-order valence-corrected chi connectivity index (χ0v) is 14.1. The molecule has 1 fully saturated rings. The number of thioether (sulfide) groups is 2. The molecule has 3 aliphatic rings. The minimum Gasteiger partial charge on any atom is -0.306 e. The van der Waals surface area contributed by atoms with Gasteiger partial charge >= 0.3 is 0 Å². The molecule has 0 amide bonds. The van der Waals surface area contributed by atoms with Gasteiger partial charge in [-0.05, 0) is 61.5 Å². The molecule has 0 radical (unpaired) electrons. The van der Waals surface area contributed by atoms with E-state index in [4.69, 9.17) is 0 Å². The lowest BCUT2D eigenvalue weighted by atomic mass is 9.75. The van der Waals surface area contributed by atoms with Gasteiger partial charge in [0, 0.05) is 21.5 Å². The summed E-state index contributed by atoms with van der Waals surface area (Å²) in [6.45, 7) is 2.49. The molecule has 21 heavy (non-hydrogen) atoms. The van der Waals surface area contributed by atoms with Crippen molar-refractivity contribution in [3.63, 3.8) is 0 Å². The van der Waals surface area contributed by atoms with E-state index in [0.717, 1.165) is 11.7 Å². The highest BCUT2D eigenvalue weighted by atomic mass is 32.2. The van der Waals surface area contributed by atoms with Crippen molar-refractivity contribution in [2.24, 2.45) is 5.92 Å². The molecule has 3 aliphatic heterocycles. The Balaban J connectivity index is 1.76. The maximum atomic E-state index is 2.49. The van der Waals surface area contributed by atoms with Crippen molar-refractivity contribution in [3.8, 4) is 0 Å². The third-order valence-electron chi connectivity index (χ3n) is 4.94. The van der Waals surface area contributed by atoms with Crippen LogP contribution in [0, 0.1) is 5.92 Å². The van der Waals surface area contributed by atoms with Crippen molar-refractivity contribution in [1.29, 1.82) is 0 Å². The molecule has 1 aromatic rings. The van der Waals surface area contributed by atoms with E-state index in [1.165, 1.54) is 35.7 Å². The van der Waals surface area contributed by atoms with Crippen molar-refractivity contribution >= 4 is 23.5 Å². The molecule has 0 N–H and O–H groups in total. The SMILES string of the molecule is CN1CCC(C2C3=CCSC3=CSc3ccccc32)CC1. The Kier molecular flexibility index (Phi) is 3.91. The Morgan fingerprint density at radius 2 is 1.95 bits per heavy atom. The maximum absolute atomic E-state index is 2.49. The number of hydrogen-bond donors (Lipinski definition) is 0. The van der Waals surface area contributed by atoms with E-state index in [2.05, 4.69) is 47.7 Å². The molecule has 110 valence electrons. The van der Waals surface area contributed by atoms with Crippen molar-refractivity contribution < 1.29 is 0 Å². The lowest BCUT2D eigenvalue weighted by Crippen LogP contribution is -2.33. The van der Waals surface area contributed by atoms with E-state index >= 15 is 0 Å². The third kappa shape index (κ3) is 2.60. The van der Waals surface area contributed by atoms with E-state index in [9.17, 15) is 0 Å². The molecule has 1 aromatic carbocycles. The van der Waals surface area contributed by atoms with Gasteiger partial charge in [0.15, 0.2) is 0 Å². The Morgan fingerprint density at radius 3 is 2.81 bits per heavy atom. The summed E-state index contributed by atoms with van der Waals surface area (Å²) in [7, 11) is 2.25. The van der Waals surface area contributed by atoms with Gasteiger partial charge in [-0.25, -0.2) is 0 Å². The number of benzene rings is 1. The van der Waals surface area contributed by atoms with Crippen LogP contribution in [0.25, 0.3) is 0 Å². The van der Waals surface area contributed by atoms with Crippen molar-refractivity contribution in [3.05, 3.63) is 51.8 Å². The topological polar surface area (TPSA) is 3.24 Å². The highest BCUT2D eigenvalue weighted by Gasteiger charge is 2.34. The minimum absolute atomic E-state index is 0.617. The highest BCUT2D eigenvalue weighted by molar-refractivity contribution is 8.06. The standard InChI is InChI=1S/C18H21NS2/c1-19-9-6-13(7-10-19)18-14-4-2-3-5-16(14)21-12-17-15(18)8-11-20-17/h2-5,8,12-13,18H,6-7,9-11H2,1H3. The molecule has 0 saturated carbocycles. The first-order valence-corrected chi connectivity index (χ1v) is 9.67. The van der Waals surface area contributed by atoms with Crippen molar-refractivity contribution in [2.75, 3.05) is 25.9 Å². The first kappa shape index (κ1) is 14.0. The van der Waals surface area contributed by atoms with Crippen LogP contribution in [0.3, 0.4) is 0 Å². The summed E-state index contributed by atoms with van der Waals surface area (Å²) in [5.74, 6) is 2.58. The molecule has 4 rings (SSSR count). The quantitative estimate of drug-likeness (QED) is 0.737. The normalized spacial score (nSPS) is 26.6. The first-order chi connectivity index (χ1) is 10.3. The zero-order valence-electron chi connectivity index (χ0n) is 12.4. The summed E-state index contributed by atoms with van der Waals surface area (Å²) in [5.41, 5.74) is 3.18. The average Bonchev–Trinajstić information content (AvgIpc) is 2.91. The predicted molar refractivity (Wildman–Crippen MR) is 93.9 cm³/mol. The summed E-state index contributed by atoms with van der Waals surface area (Å²) in [6, 6.07) is 9.06. The number of piperidine rings is 1. The number of allylic oxidation sites excluding steroid dienone is 1. The van der Waals surface area contributed by atoms with Gasteiger partial charge in [0.2, 0.25) is 0 Å². The average molecular weight is 316 g/mol. The largest absolute Gasteiger partial charge is 0.306 e. The van der Waals surface area contributed by atoms with Crippen LogP contribution in [-0.2, 0) is 0 Å². The monoisotopic (exact) mass is 315 g/mol. The summed E-state index contributed by atoms with van der Waals surface area (Å²) in [6.07, 6.45) is 5.15. The summed E-state index contributed by atoms with van der Waals surface area (Å²) >= 11 is 3.94. The maximum Gasteiger partial charge on any atom is 0.0177 e. The van der Waals surface area contributed by atoms with Gasteiger partial charge in [-0.2, -0.15) is 0 Å². The van der Waals surface area contributed by atoms with Gasteiger partial charge in [-0.3, -0.25) is 0 Å². The lowest BCUT2D eigenvalue weighted by molar-refractivity contribution is 0.206. The van der Waals surface area contributed by atoms with E-state index < -0.39 is 0 Å². The van der Waals surface area contributed by atoms with Crippen LogP contribution in [-0.4, -0.2) is 30.8 Å². The molecule has 0 spiro atoms. The van der Waals surface area contributed by atoms with Gasteiger partial charge in [0.1, 0.15) is 0 Å². The van der Waals surface area contributed by atoms with E-state index in [1.807, 2.05) is 23.5 Å². The lowest BCUT2D eigenvalue weighted by Gasteiger charge is -2.35. The van der Waals surface area contributed by atoms with Gasteiger partial charge in [-0.1, -0.05) is 36.0 Å². The Hall–Kier alpha value is -0.640. The molecule has 1 atom stereocenters. The fourth-order valence-corrected chi connectivity index (χ4v) is 5.88. The fraction of sp³-hybridized carbons (Fsp3) is 0.444. The second-order valence-corrected chi connectivity index (χ2v) is 8.20. The second kappa shape index (κ2) is 5.86. The second-order valence-electron chi connectivity index (χ2n) is 6.23. The van der Waals surface area contributed by atoms with Gasteiger partial charge in [-0.15, -0.1) is 11.8 Å². The minimum atomic E-state index is 0.617. The number of fused-ring (bicyclic) bond motifs is 2. The fourth-order valence-electron chi connectivity index (χ4n) is 3.79.